The van der Waals surface area contributed by atoms with E-state index < -0.39 is 15.8 Å². The topological polar surface area (TPSA) is 89.9 Å². The van der Waals surface area contributed by atoms with Gasteiger partial charge >= 0.3 is 5.97 Å². The van der Waals surface area contributed by atoms with Gasteiger partial charge in [-0.3, -0.25) is 0 Å². The Hall–Kier alpha value is -1.76. The average molecular weight is 288 g/mol. The molecule has 0 fully saturated rings. The quantitative estimate of drug-likeness (QED) is 0.758. The third kappa shape index (κ3) is 5.17. The minimum atomic E-state index is -3.00. The molecule has 0 spiro atoms. The highest BCUT2D eigenvalue weighted by Gasteiger charge is 2.10. The van der Waals surface area contributed by atoms with Crippen molar-refractivity contribution in [2.24, 2.45) is 0 Å². The lowest BCUT2D eigenvalue weighted by Crippen LogP contribution is -2.08. The molecule has 7 heteroatoms. The highest BCUT2D eigenvalue weighted by atomic mass is 32.2. The Morgan fingerprint density at radius 2 is 2.00 bits per heavy atom. The molecule has 1 N–H and O–H groups in total. The van der Waals surface area contributed by atoms with E-state index in [9.17, 15) is 13.2 Å². The molecule has 0 radical (unpaired) electrons. The van der Waals surface area contributed by atoms with Crippen LogP contribution in [0.15, 0.2) is 18.2 Å². The lowest BCUT2D eigenvalue weighted by atomic mass is 10.2. The molecule has 1 aromatic rings. The van der Waals surface area contributed by atoms with Crippen molar-refractivity contribution in [3.8, 4) is 11.5 Å². The second-order valence-corrected chi connectivity index (χ2v) is 6.26. The molecule has 0 aromatic heterocycles. The molecule has 1 rings (SSSR count). The van der Waals surface area contributed by atoms with Crippen molar-refractivity contribution in [3.63, 3.8) is 0 Å². The smallest absolute Gasteiger partial charge is 0.335 e. The zero-order valence-corrected chi connectivity index (χ0v) is 11.6. The molecule has 0 unspecified atom stereocenters. The van der Waals surface area contributed by atoms with E-state index in [1.165, 1.54) is 25.3 Å². The minimum absolute atomic E-state index is 0.0442. The maximum Gasteiger partial charge on any atom is 0.335 e. The molecule has 0 heterocycles. The summed E-state index contributed by atoms with van der Waals surface area (Å²) in [5, 5.41) is 8.84. The molecule has 19 heavy (non-hydrogen) atoms. The number of aromatic carboxylic acids is 1. The van der Waals surface area contributed by atoms with Crippen LogP contribution in [0.2, 0.25) is 0 Å². The van der Waals surface area contributed by atoms with Gasteiger partial charge in [-0.25, -0.2) is 13.2 Å². The first-order chi connectivity index (χ1) is 8.83. The molecule has 0 atom stereocenters. The van der Waals surface area contributed by atoms with Crippen LogP contribution in [0.5, 0.6) is 11.5 Å². The highest BCUT2D eigenvalue weighted by molar-refractivity contribution is 7.90. The first kappa shape index (κ1) is 15.3. The Kier molecular flexibility index (Phi) is 5.17. The highest BCUT2D eigenvalue weighted by Crippen LogP contribution is 2.28. The van der Waals surface area contributed by atoms with Gasteiger partial charge < -0.3 is 14.6 Å². The number of sulfone groups is 1. The van der Waals surface area contributed by atoms with Crippen LogP contribution in [0.25, 0.3) is 0 Å². The van der Waals surface area contributed by atoms with Crippen molar-refractivity contribution in [1.82, 2.24) is 0 Å². The molecule has 0 aliphatic heterocycles. The molecular weight excluding hydrogens is 272 g/mol. The van der Waals surface area contributed by atoms with Crippen molar-refractivity contribution in [3.05, 3.63) is 23.8 Å². The summed E-state index contributed by atoms with van der Waals surface area (Å²) in [6.45, 7) is 0.218. The fourth-order valence-electron chi connectivity index (χ4n) is 1.42. The van der Waals surface area contributed by atoms with Gasteiger partial charge in [0.1, 0.15) is 9.84 Å². The zero-order valence-electron chi connectivity index (χ0n) is 10.8. The second kappa shape index (κ2) is 6.42. The molecule has 6 nitrogen and oxygen atoms in total. The molecule has 0 aliphatic rings. The maximum atomic E-state index is 10.9. The number of carbonyl (C=O) groups is 1. The van der Waals surface area contributed by atoms with E-state index in [0.717, 1.165) is 6.26 Å². The molecule has 0 saturated carbocycles. The third-order valence-corrected chi connectivity index (χ3v) is 3.36. The number of carboxylic acids is 1. The Morgan fingerprint density at radius 3 is 2.53 bits per heavy atom. The number of carboxylic acid groups (broad SMARTS) is 1. The van der Waals surface area contributed by atoms with E-state index in [2.05, 4.69) is 0 Å². The number of ether oxygens (including phenoxy) is 2. The Balaban J connectivity index is 2.66. The standard InChI is InChI=1S/C12H16O6S/c1-17-11-8-9(12(13)14)4-5-10(11)18-6-3-7-19(2,15)16/h4-5,8H,3,6-7H2,1-2H3,(H,13,14). The molecule has 0 saturated heterocycles. The van der Waals surface area contributed by atoms with Gasteiger partial charge in [0.15, 0.2) is 11.5 Å². The number of hydrogen-bond donors (Lipinski definition) is 1. The maximum absolute atomic E-state index is 10.9. The largest absolute Gasteiger partial charge is 0.493 e. The summed E-state index contributed by atoms with van der Waals surface area (Å²) in [6.07, 6.45) is 1.53. The molecular formula is C12H16O6S. The molecule has 0 aliphatic carbocycles. The van der Waals surface area contributed by atoms with Crippen molar-refractivity contribution < 1.29 is 27.8 Å². The number of benzene rings is 1. The van der Waals surface area contributed by atoms with Crippen molar-refractivity contribution in [2.45, 2.75) is 6.42 Å². The monoisotopic (exact) mass is 288 g/mol. The van der Waals surface area contributed by atoms with E-state index in [1.807, 2.05) is 0 Å². The zero-order chi connectivity index (χ0) is 14.5. The van der Waals surface area contributed by atoms with Crippen LogP contribution in [0.4, 0.5) is 0 Å². The number of rotatable bonds is 7. The molecule has 0 bridgehead atoms. The number of hydrogen-bond acceptors (Lipinski definition) is 5. The van der Waals surface area contributed by atoms with Crippen LogP contribution in [0.3, 0.4) is 0 Å². The summed E-state index contributed by atoms with van der Waals surface area (Å²) in [5.41, 5.74) is 0.0975. The van der Waals surface area contributed by atoms with Crippen LogP contribution < -0.4 is 9.47 Å². The van der Waals surface area contributed by atoms with E-state index in [-0.39, 0.29) is 17.9 Å². The van der Waals surface area contributed by atoms with Crippen LogP contribution in [0.1, 0.15) is 16.8 Å². The molecule has 106 valence electrons. The van der Waals surface area contributed by atoms with Crippen molar-refractivity contribution >= 4 is 15.8 Å². The first-order valence-corrected chi connectivity index (χ1v) is 7.61. The van der Waals surface area contributed by atoms with Crippen LogP contribution in [-0.4, -0.2) is 45.2 Å². The Morgan fingerprint density at radius 1 is 1.32 bits per heavy atom. The Bertz CT molecular complexity index is 549. The van der Waals surface area contributed by atoms with Crippen LogP contribution >= 0.6 is 0 Å². The summed E-state index contributed by atoms with van der Waals surface area (Å²) < 4.78 is 32.3. The predicted octanol–water partition coefficient (Wildman–Crippen LogP) is 1.21. The van der Waals surface area contributed by atoms with Gasteiger partial charge in [-0.05, 0) is 24.6 Å². The first-order valence-electron chi connectivity index (χ1n) is 5.55. The van der Waals surface area contributed by atoms with E-state index >= 15 is 0 Å². The fraction of sp³-hybridized carbons (Fsp3) is 0.417. The molecule has 1 aromatic carbocycles. The van der Waals surface area contributed by atoms with E-state index in [4.69, 9.17) is 14.6 Å². The third-order valence-electron chi connectivity index (χ3n) is 2.33. The summed E-state index contributed by atoms with van der Waals surface area (Å²) in [6, 6.07) is 4.24. The number of methoxy groups -OCH3 is 1. The van der Waals surface area contributed by atoms with Crippen LogP contribution in [-0.2, 0) is 9.84 Å². The fourth-order valence-corrected chi connectivity index (χ4v) is 2.07. The second-order valence-electron chi connectivity index (χ2n) is 4.00. The SMILES string of the molecule is COc1cc(C(=O)O)ccc1OCCCS(C)(=O)=O. The van der Waals surface area contributed by atoms with E-state index in [0.29, 0.717) is 17.9 Å². The van der Waals surface area contributed by atoms with Gasteiger partial charge in [0.2, 0.25) is 0 Å². The van der Waals surface area contributed by atoms with Crippen LogP contribution in [0, 0.1) is 0 Å². The average Bonchev–Trinajstić information content (AvgIpc) is 2.33. The summed E-state index contributed by atoms with van der Waals surface area (Å²) in [4.78, 5) is 10.8. The van der Waals surface area contributed by atoms with Gasteiger partial charge in [-0.2, -0.15) is 0 Å². The van der Waals surface area contributed by atoms with Gasteiger partial charge in [-0.15, -0.1) is 0 Å². The lowest BCUT2D eigenvalue weighted by molar-refractivity contribution is 0.0696. The van der Waals surface area contributed by atoms with Crippen molar-refractivity contribution in [1.29, 1.82) is 0 Å². The summed E-state index contributed by atoms with van der Waals surface area (Å²) in [7, 11) is -1.59. The lowest BCUT2D eigenvalue weighted by Gasteiger charge is -2.10. The van der Waals surface area contributed by atoms with Crippen molar-refractivity contribution in [2.75, 3.05) is 25.7 Å². The Labute approximate surface area is 111 Å². The summed E-state index contributed by atoms with van der Waals surface area (Å²) >= 11 is 0. The normalized spacial score (nSPS) is 11.1. The van der Waals surface area contributed by atoms with Gasteiger partial charge in [0.25, 0.3) is 0 Å². The predicted molar refractivity (Wildman–Crippen MR) is 69.8 cm³/mol. The van der Waals surface area contributed by atoms with Gasteiger partial charge in [-0.1, -0.05) is 0 Å². The van der Waals surface area contributed by atoms with Gasteiger partial charge in [0, 0.05) is 6.26 Å². The summed E-state index contributed by atoms with van der Waals surface area (Å²) in [5.74, 6) is -0.315. The minimum Gasteiger partial charge on any atom is -0.493 e. The van der Waals surface area contributed by atoms with E-state index in [1.54, 1.807) is 0 Å². The van der Waals surface area contributed by atoms with Gasteiger partial charge in [0.05, 0.1) is 25.0 Å². The molecule has 0 amide bonds.